The molecule has 0 atom stereocenters. The number of likely N-dealkylation sites (tertiary alicyclic amines) is 1. The fraction of sp³-hybridized carbons (Fsp3) is 0.267. The molecular formula is C30H28F4N6O2. The van der Waals surface area contributed by atoms with Crippen molar-refractivity contribution >= 4 is 23.4 Å². The molecule has 0 aliphatic carbocycles. The van der Waals surface area contributed by atoms with Gasteiger partial charge in [0.2, 0.25) is 5.91 Å². The van der Waals surface area contributed by atoms with Crippen LogP contribution >= 0.6 is 0 Å². The lowest BCUT2D eigenvalue weighted by Gasteiger charge is -2.32. The highest BCUT2D eigenvalue weighted by Gasteiger charge is 2.30. The summed E-state index contributed by atoms with van der Waals surface area (Å²) in [5, 5.41) is 15.6. The average Bonchev–Trinajstić information content (AvgIpc) is 2.95. The number of halogens is 4. The Kier molecular flexibility index (Phi) is 8.23. The molecule has 0 saturated carbocycles. The molecule has 1 aliphatic heterocycles. The van der Waals surface area contributed by atoms with E-state index in [-0.39, 0.29) is 24.2 Å². The molecule has 3 aromatic heterocycles. The number of amides is 1. The number of hydrogen-bond donors (Lipinski definition) is 3. The van der Waals surface area contributed by atoms with Gasteiger partial charge in [-0.2, -0.15) is 13.2 Å². The number of pyridine rings is 3. The SMILES string of the molecule is Cc1cc(Nc2cc(C(F)(F)F)ccn2)nc(-c2ccc(NC3CCN(C(=O)Cc4ccc(O)c(F)c4)CC3)nc2)c1. The van der Waals surface area contributed by atoms with Gasteiger partial charge in [-0.15, -0.1) is 0 Å². The molecule has 8 nitrogen and oxygen atoms in total. The zero-order valence-electron chi connectivity index (χ0n) is 22.6. The van der Waals surface area contributed by atoms with E-state index in [0.29, 0.717) is 36.0 Å². The molecule has 42 heavy (non-hydrogen) atoms. The van der Waals surface area contributed by atoms with Crippen LogP contribution in [0.15, 0.2) is 67.0 Å². The van der Waals surface area contributed by atoms with Crippen molar-refractivity contribution < 1.29 is 27.5 Å². The van der Waals surface area contributed by atoms with E-state index in [1.165, 1.54) is 18.2 Å². The monoisotopic (exact) mass is 580 g/mol. The molecule has 1 fully saturated rings. The number of hydrogen-bond acceptors (Lipinski definition) is 7. The van der Waals surface area contributed by atoms with E-state index in [2.05, 4.69) is 25.6 Å². The number of nitrogens with one attached hydrogen (secondary N) is 2. The fourth-order valence-corrected chi connectivity index (χ4v) is 4.75. The molecule has 1 aromatic carbocycles. The van der Waals surface area contributed by atoms with Crippen LogP contribution in [0.1, 0.15) is 29.5 Å². The molecule has 1 saturated heterocycles. The van der Waals surface area contributed by atoms with Gasteiger partial charge in [0.25, 0.3) is 0 Å². The third-order valence-electron chi connectivity index (χ3n) is 6.94. The summed E-state index contributed by atoms with van der Waals surface area (Å²) in [5.74, 6) is -0.219. The lowest BCUT2D eigenvalue weighted by Crippen LogP contribution is -2.43. The van der Waals surface area contributed by atoms with E-state index in [4.69, 9.17) is 0 Å². The van der Waals surface area contributed by atoms with Crippen LogP contribution < -0.4 is 10.6 Å². The molecule has 1 aliphatic rings. The maximum atomic E-state index is 13.6. The van der Waals surface area contributed by atoms with Gasteiger partial charge in [0.15, 0.2) is 11.6 Å². The summed E-state index contributed by atoms with van der Waals surface area (Å²) in [7, 11) is 0. The minimum atomic E-state index is -4.48. The van der Waals surface area contributed by atoms with Crippen molar-refractivity contribution in [3.05, 3.63) is 89.5 Å². The van der Waals surface area contributed by atoms with E-state index < -0.39 is 23.3 Å². The van der Waals surface area contributed by atoms with E-state index in [0.717, 1.165) is 42.3 Å². The predicted molar refractivity (Wildman–Crippen MR) is 150 cm³/mol. The Hall–Kier alpha value is -4.74. The number of aryl methyl sites for hydroxylation is 1. The van der Waals surface area contributed by atoms with Crippen molar-refractivity contribution in [2.24, 2.45) is 0 Å². The summed E-state index contributed by atoms with van der Waals surface area (Å²) in [6, 6.07) is 13.2. The highest BCUT2D eigenvalue weighted by Crippen LogP contribution is 2.31. The van der Waals surface area contributed by atoms with E-state index >= 15 is 0 Å². The third-order valence-corrected chi connectivity index (χ3v) is 6.94. The molecule has 5 rings (SSSR count). The number of phenolic OH excluding ortho intramolecular Hbond substituents is 1. The largest absolute Gasteiger partial charge is 0.505 e. The van der Waals surface area contributed by atoms with Gasteiger partial charge in [0.05, 0.1) is 17.7 Å². The third kappa shape index (κ3) is 7.12. The summed E-state index contributed by atoms with van der Waals surface area (Å²) < 4.78 is 52.8. The Balaban J connectivity index is 1.17. The van der Waals surface area contributed by atoms with Crippen molar-refractivity contribution in [1.29, 1.82) is 0 Å². The Morgan fingerprint density at radius 3 is 2.48 bits per heavy atom. The number of carbonyl (C=O) groups excluding carboxylic acids is 1. The van der Waals surface area contributed by atoms with Crippen LogP contribution in [0, 0.1) is 12.7 Å². The first-order valence-corrected chi connectivity index (χ1v) is 13.3. The number of phenols is 1. The second-order valence-electron chi connectivity index (χ2n) is 10.2. The summed E-state index contributed by atoms with van der Waals surface area (Å²) >= 11 is 0. The summed E-state index contributed by atoms with van der Waals surface area (Å²) in [4.78, 5) is 27.4. The van der Waals surface area contributed by atoms with Crippen LogP contribution in [0.3, 0.4) is 0 Å². The molecule has 0 radical (unpaired) electrons. The first kappa shape index (κ1) is 28.8. The van der Waals surface area contributed by atoms with Crippen molar-refractivity contribution in [3.8, 4) is 17.0 Å². The van der Waals surface area contributed by atoms with Crippen LogP contribution in [0.25, 0.3) is 11.3 Å². The second kappa shape index (κ2) is 12.0. The number of rotatable bonds is 7. The molecule has 4 aromatic rings. The summed E-state index contributed by atoms with van der Waals surface area (Å²) in [5.41, 5.74) is 1.90. The van der Waals surface area contributed by atoms with Crippen LogP contribution in [0.5, 0.6) is 5.75 Å². The number of benzene rings is 1. The van der Waals surface area contributed by atoms with Crippen LogP contribution in [-0.4, -0.2) is 50.0 Å². The van der Waals surface area contributed by atoms with Gasteiger partial charge in [0, 0.05) is 37.1 Å². The maximum Gasteiger partial charge on any atom is 0.416 e. The number of carbonyl (C=O) groups is 1. The highest BCUT2D eigenvalue weighted by molar-refractivity contribution is 5.79. The Morgan fingerprint density at radius 1 is 1.00 bits per heavy atom. The first-order chi connectivity index (χ1) is 20.0. The van der Waals surface area contributed by atoms with Crippen molar-refractivity contribution in [2.45, 2.75) is 38.4 Å². The topological polar surface area (TPSA) is 103 Å². The minimum absolute atomic E-state index is 0.0357. The van der Waals surface area contributed by atoms with Crippen molar-refractivity contribution in [2.75, 3.05) is 23.7 Å². The predicted octanol–water partition coefficient (Wildman–Crippen LogP) is 6.10. The zero-order valence-corrected chi connectivity index (χ0v) is 22.6. The zero-order chi connectivity index (χ0) is 29.9. The average molecular weight is 581 g/mol. The number of anilines is 3. The Morgan fingerprint density at radius 2 is 1.79 bits per heavy atom. The lowest BCUT2D eigenvalue weighted by molar-refractivity contribution is -0.137. The van der Waals surface area contributed by atoms with Crippen LogP contribution in [0.4, 0.5) is 35.0 Å². The van der Waals surface area contributed by atoms with Gasteiger partial charge in [-0.3, -0.25) is 4.79 Å². The molecule has 0 unspecified atom stereocenters. The minimum Gasteiger partial charge on any atom is -0.505 e. The molecule has 0 bridgehead atoms. The van der Waals surface area contributed by atoms with Crippen LogP contribution in [-0.2, 0) is 17.4 Å². The van der Waals surface area contributed by atoms with Crippen molar-refractivity contribution in [1.82, 2.24) is 19.9 Å². The van der Waals surface area contributed by atoms with E-state index in [1.807, 2.05) is 25.1 Å². The highest BCUT2D eigenvalue weighted by atomic mass is 19.4. The van der Waals surface area contributed by atoms with Gasteiger partial charge >= 0.3 is 6.18 Å². The number of piperidine rings is 1. The fourth-order valence-electron chi connectivity index (χ4n) is 4.75. The Bertz CT molecular complexity index is 1570. The molecule has 218 valence electrons. The molecule has 1 amide bonds. The van der Waals surface area contributed by atoms with E-state index in [1.54, 1.807) is 17.2 Å². The number of alkyl halides is 3. The normalized spacial score (nSPS) is 14.1. The summed E-state index contributed by atoms with van der Waals surface area (Å²) in [6.07, 6.45) is -0.199. The molecule has 3 N–H and O–H groups in total. The van der Waals surface area contributed by atoms with Crippen molar-refractivity contribution in [3.63, 3.8) is 0 Å². The number of aromatic hydroxyl groups is 1. The Labute approximate surface area is 239 Å². The number of aromatic nitrogens is 3. The van der Waals surface area contributed by atoms with Gasteiger partial charge in [-0.05, 0) is 79.4 Å². The lowest BCUT2D eigenvalue weighted by atomic mass is 10.0. The molecular weight excluding hydrogens is 552 g/mol. The summed E-state index contributed by atoms with van der Waals surface area (Å²) in [6.45, 7) is 2.97. The molecule has 12 heteroatoms. The molecule has 0 spiro atoms. The maximum absolute atomic E-state index is 13.6. The van der Waals surface area contributed by atoms with Gasteiger partial charge in [-0.1, -0.05) is 6.07 Å². The first-order valence-electron chi connectivity index (χ1n) is 13.3. The van der Waals surface area contributed by atoms with Crippen LogP contribution in [0.2, 0.25) is 0 Å². The van der Waals surface area contributed by atoms with Gasteiger partial charge in [0.1, 0.15) is 17.5 Å². The molecule has 4 heterocycles. The van der Waals surface area contributed by atoms with Gasteiger partial charge < -0.3 is 20.6 Å². The standard InChI is InChI=1S/C30H28F4N6O2/c1-18-12-24(38-28(13-18)39-27-16-21(6-9-35-27)30(32,33)34)20-3-5-26(36-17-20)37-22-7-10-40(11-8-22)29(42)15-19-2-4-25(41)23(31)14-19/h2-6,9,12-14,16-17,22,41H,7-8,10-11,15H2,1H3,(H,36,37)(H,35,38,39). The second-order valence-corrected chi connectivity index (χ2v) is 10.2. The smallest absolute Gasteiger partial charge is 0.416 e. The quantitative estimate of drug-likeness (QED) is 0.227. The number of nitrogens with zero attached hydrogens (tertiary/aromatic N) is 4. The van der Waals surface area contributed by atoms with E-state index in [9.17, 15) is 27.5 Å². The van der Waals surface area contributed by atoms with Gasteiger partial charge in [-0.25, -0.2) is 19.3 Å².